The molecule has 38 heavy (non-hydrogen) atoms. The molecule has 0 radical (unpaired) electrons. The number of nitrogens with zero attached hydrogens (tertiary/aromatic N) is 2. The molecule has 0 bridgehead atoms. The van der Waals surface area contributed by atoms with Crippen molar-refractivity contribution in [2.45, 2.75) is 44.6 Å². The molecule has 11 nitrogen and oxygen atoms in total. The molecule has 4 rings (SSSR count). The monoisotopic (exact) mass is 542 g/mol. The second-order valence-corrected chi connectivity index (χ2v) is 7.90. The molecule has 1 saturated carbocycles. The zero-order valence-corrected chi connectivity index (χ0v) is 19.5. The Morgan fingerprint density at radius 2 is 1.61 bits per heavy atom. The number of carboxylic acid groups (broad SMARTS) is 2. The molecular weight excluding hydrogens is 520 g/mol. The van der Waals surface area contributed by atoms with Gasteiger partial charge in [0.05, 0.1) is 6.10 Å². The van der Waals surface area contributed by atoms with Crippen molar-refractivity contribution in [3.05, 3.63) is 54.2 Å². The Hall–Kier alpha value is -4.56. The first kappa shape index (κ1) is 28.0. The van der Waals surface area contributed by atoms with Crippen LogP contribution in [0.15, 0.2) is 46.9 Å². The number of ether oxygens (including phenoxy) is 2. The lowest BCUT2D eigenvalue weighted by Crippen LogP contribution is -2.19. The minimum Gasteiger partial charge on any atom is -0.490 e. The summed E-state index contributed by atoms with van der Waals surface area (Å²) < 4.78 is 65.5. The van der Waals surface area contributed by atoms with Gasteiger partial charge in [-0.15, -0.1) is 18.3 Å². The summed E-state index contributed by atoms with van der Waals surface area (Å²) in [5.41, 5.74) is 0.316. The summed E-state index contributed by atoms with van der Waals surface area (Å²) >= 11 is 0. The normalized spacial score (nSPS) is 13.6. The van der Waals surface area contributed by atoms with E-state index in [-0.39, 0.29) is 17.8 Å². The van der Waals surface area contributed by atoms with Crippen LogP contribution in [0, 0.1) is 5.82 Å². The van der Waals surface area contributed by atoms with Crippen LogP contribution in [0.3, 0.4) is 0 Å². The Bertz CT molecular complexity index is 1230. The molecule has 2 aromatic carbocycles. The van der Waals surface area contributed by atoms with Crippen LogP contribution in [-0.4, -0.2) is 44.9 Å². The van der Waals surface area contributed by atoms with Gasteiger partial charge in [0.1, 0.15) is 17.3 Å². The molecule has 1 aliphatic rings. The van der Waals surface area contributed by atoms with E-state index in [0.717, 1.165) is 37.8 Å². The number of anilines is 3. The largest absolute Gasteiger partial charge is 0.573 e. The first-order valence-corrected chi connectivity index (χ1v) is 11.1. The Labute approximate surface area is 212 Å². The molecule has 15 heteroatoms. The van der Waals surface area contributed by atoms with E-state index in [1.807, 2.05) is 0 Å². The molecule has 1 heterocycles. The van der Waals surface area contributed by atoms with Crippen molar-refractivity contribution in [1.29, 1.82) is 0 Å². The van der Waals surface area contributed by atoms with Gasteiger partial charge in [0.25, 0.3) is 0 Å². The highest BCUT2D eigenvalue weighted by Gasteiger charge is 2.31. The number of halogens is 4. The number of hydrogen-bond donors (Lipinski definition) is 4. The molecule has 0 saturated heterocycles. The predicted molar refractivity (Wildman–Crippen MR) is 123 cm³/mol. The standard InChI is InChI=1S/C22H20F4N4O4.CH2O3/c23-13-10-15(12-18(11-13)34-22(24,25)26)28-21-30-29-20(33-21)19(31)27-14-6-8-17(9-7-14)32-16-4-2-1-3-5-16;2-1(3)4/h6-12,16H,1-5H2,(H,27,31)(H,28,30);(H2,2,3,4). The van der Waals surface area contributed by atoms with Gasteiger partial charge in [-0.2, -0.15) is 0 Å². The van der Waals surface area contributed by atoms with Gasteiger partial charge in [-0.05, 0) is 56.0 Å². The summed E-state index contributed by atoms with van der Waals surface area (Å²) in [5.74, 6) is -2.17. The van der Waals surface area contributed by atoms with Gasteiger partial charge in [0, 0.05) is 23.5 Å². The molecule has 1 fully saturated rings. The van der Waals surface area contributed by atoms with Crippen molar-refractivity contribution in [2.75, 3.05) is 10.6 Å². The molecule has 0 unspecified atom stereocenters. The van der Waals surface area contributed by atoms with Gasteiger partial charge >= 0.3 is 30.3 Å². The van der Waals surface area contributed by atoms with Gasteiger partial charge in [-0.25, -0.2) is 9.18 Å². The highest BCUT2D eigenvalue weighted by Crippen LogP contribution is 2.28. The van der Waals surface area contributed by atoms with Crippen LogP contribution in [-0.2, 0) is 0 Å². The van der Waals surface area contributed by atoms with Crippen LogP contribution in [0.1, 0.15) is 42.8 Å². The molecular formula is C23H22F4N4O7. The molecule has 0 spiro atoms. The molecule has 0 atom stereocenters. The van der Waals surface area contributed by atoms with Crippen molar-refractivity contribution in [3.63, 3.8) is 0 Å². The Kier molecular flexibility index (Phi) is 9.29. The average molecular weight is 542 g/mol. The summed E-state index contributed by atoms with van der Waals surface area (Å²) in [6, 6.07) is 8.84. The van der Waals surface area contributed by atoms with Crippen LogP contribution < -0.4 is 20.1 Å². The van der Waals surface area contributed by atoms with E-state index in [1.165, 1.54) is 6.42 Å². The molecule has 1 aromatic heterocycles. The van der Waals surface area contributed by atoms with Crippen LogP contribution in [0.25, 0.3) is 0 Å². The smallest absolute Gasteiger partial charge is 0.490 e. The fourth-order valence-electron chi connectivity index (χ4n) is 3.49. The lowest BCUT2D eigenvalue weighted by atomic mass is 9.98. The maximum atomic E-state index is 13.6. The lowest BCUT2D eigenvalue weighted by Gasteiger charge is -2.23. The van der Waals surface area contributed by atoms with Crippen LogP contribution in [0.2, 0.25) is 0 Å². The maximum Gasteiger partial charge on any atom is 0.573 e. The van der Waals surface area contributed by atoms with Crippen LogP contribution in [0.5, 0.6) is 11.5 Å². The van der Waals surface area contributed by atoms with E-state index in [9.17, 15) is 22.4 Å². The van der Waals surface area contributed by atoms with Crippen molar-refractivity contribution in [3.8, 4) is 11.5 Å². The van der Waals surface area contributed by atoms with E-state index in [0.29, 0.717) is 17.5 Å². The molecule has 1 aliphatic carbocycles. The number of benzene rings is 2. The van der Waals surface area contributed by atoms with Gasteiger partial charge < -0.3 is 34.7 Å². The molecule has 0 aliphatic heterocycles. The van der Waals surface area contributed by atoms with Crippen molar-refractivity contribution < 1.29 is 51.3 Å². The summed E-state index contributed by atoms with van der Waals surface area (Å²) in [6.45, 7) is 0. The maximum absolute atomic E-state index is 13.6. The third-order valence-electron chi connectivity index (χ3n) is 4.94. The Morgan fingerprint density at radius 3 is 2.24 bits per heavy atom. The fraction of sp³-hybridized carbons (Fsp3) is 0.304. The number of hydrogen-bond acceptors (Lipinski definition) is 8. The predicted octanol–water partition coefficient (Wildman–Crippen LogP) is 6.04. The van der Waals surface area contributed by atoms with Gasteiger partial charge in [-0.1, -0.05) is 11.5 Å². The zero-order chi connectivity index (χ0) is 27.7. The van der Waals surface area contributed by atoms with Crippen molar-refractivity contribution in [2.24, 2.45) is 0 Å². The number of carbonyl (C=O) groups is 2. The van der Waals surface area contributed by atoms with E-state index < -0.39 is 35.9 Å². The van der Waals surface area contributed by atoms with E-state index in [2.05, 4.69) is 25.6 Å². The second kappa shape index (κ2) is 12.6. The molecule has 1 amide bonds. The van der Waals surface area contributed by atoms with Crippen molar-refractivity contribution in [1.82, 2.24) is 10.2 Å². The summed E-state index contributed by atoms with van der Waals surface area (Å²) in [6.07, 6.45) is -1.03. The van der Waals surface area contributed by atoms with E-state index >= 15 is 0 Å². The topological polar surface area (TPSA) is 156 Å². The summed E-state index contributed by atoms with van der Waals surface area (Å²) in [4.78, 5) is 20.9. The minimum absolute atomic E-state index is 0.150. The van der Waals surface area contributed by atoms with Crippen molar-refractivity contribution >= 4 is 29.5 Å². The average Bonchev–Trinajstić information content (AvgIpc) is 3.28. The SMILES string of the molecule is O=C(Nc1ccc(OC2CCCCC2)cc1)c1nnc(Nc2cc(F)cc(OC(F)(F)F)c2)o1.O=C(O)O. The molecule has 4 N–H and O–H groups in total. The highest BCUT2D eigenvalue weighted by atomic mass is 19.4. The number of aromatic nitrogens is 2. The van der Waals surface area contributed by atoms with Gasteiger partial charge in [-0.3, -0.25) is 4.79 Å². The number of nitrogens with one attached hydrogen (secondary N) is 2. The highest BCUT2D eigenvalue weighted by molar-refractivity contribution is 6.00. The Balaban J connectivity index is 0.000000934. The third kappa shape index (κ3) is 9.48. The quantitative estimate of drug-likeness (QED) is 0.260. The first-order valence-electron chi connectivity index (χ1n) is 11.1. The number of amides is 1. The molecule has 3 aromatic rings. The van der Waals surface area contributed by atoms with Crippen LogP contribution >= 0.6 is 0 Å². The van der Waals surface area contributed by atoms with Gasteiger partial charge in [0.15, 0.2) is 0 Å². The van der Waals surface area contributed by atoms with E-state index in [4.69, 9.17) is 24.2 Å². The summed E-state index contributed by atoms with van der Waals surface area (Å²) in [7, 11) is 0. The fourth-order valence-corrected chi connectivity index (χ4v) is 3.49. The lowest BCUT2D eigenvalue weighted by molar-refractivity contribution is -0.274. The third-order valence-corrected chi connectivity index (χ3v) is 4.94. The second-order valence-electron chi connectivity index (χ2n) is 7.90. The minimum atomic E-state index is -4.99. The number of alkyl halides is 3. The number of carbonyl (C=O) groups excluding carboxylic acids is 1. The van der Waals surface area contributed by atoms with Gasteiger partial charge in [0.2, 0.25) is 0 Å². The first-order chi connectivity index (χ1) is 18.0. The number of rotatable bonds is 7. The van der Waals surface area contributed by atoms with Crippen LogP contribution in [0.4, 0.5) is 39.7 Å². The zero-order valence-electron chi connectivity index (χ0n) is 19.5. The summed E-state index contributed by atoms with van der Waals surface area (Å²) in [5, 5.41) is 26.1. The Morgan fingerprint density at radius 1 is 0.947 bits per heavy atom. The van der Waals surface area contributed by atoms with E-state index in [1.54, 1.807) is 24.3 Å². The molecule has 204 valence electrons.